The molecule has 0 aromatic heterocycles. The van der Waals surface area contributed by atoms with Crippen molar-refractivity contribution >= 4 is 17.7 Å². The van der Waals surface area contributed by atoms with Crippen LogP contribution in [0.15, 0.2) is 48.5 Å². The summed E-state index contributed by atoms with van der Waals surface area (Å²) in [6.07, 6.45) is 3.18. The topological polar surface area (TPSA) is 67.8 Å². The first kappa shape index (κ1) is 17.4. The molecule has 0 heterocycles. The summed E-state index contributed by atoms with van der Waals surface area (Å²) in [6, 6.07) is 11.8. The first-order valence-corrected chi connectivity index (χ1v) is 7.60. The highest BCUT2D eigenvalue weighted by molar-refractivity contribution is 6.01. The highest BCUT2D eigenvalue weighted by atomic mass is 16.5. The van der Waals surface area contributed by atoms with E-state index in [1.807, 2.05) is 32.0 Å². The van der Waals surface area contributed by atoms with E-state index in [1.165, 1.54) is 18.2 Å². The van der Waals surface area contributed by atoms with Gasteiger partial charge >= 0.3 is 0 Å². The molecule has 0 bridgehead atoms. The van der Waals surface area contributed by atoms with Gasteiger partial charge in [-0.15, -0.1) is 0 Å². The number of ether oxygens (including phenoxy) is 2. The van der Waals surface area contributed by atoms with E-state index in [0.717, 1.165) is 5.56 Å². The molecular weight excluding hydrogens is 306 g/mol. The third-order valence-corrected chi connectivity index (χ3v) is 3.11. The number of hydrogen-bond donors (Lipinski definition) is 2. The van der Waals surface area contributed by atoms with Crippen LogP contribution in [0.4, 0.5) is 5.69 Å². The van der Waals surface area contributed by atoms with Gasteiger partial charge in [-0.25, -0.2) is 0 Å². The highest BCUT2D eigenvalue weighted by Gasteiger charge is 2.06. The van der Waals surface area contributed by atoms with Crippen LogP contribution in [0.25, 0.3) is 6.08 Å². The Morgan fingerprint density at radius 2 is 1.83 bits per heavy atom. The van der Waals surface area contributed by atoms with Crippen molar-refractivity contribution in [1.29, 1.82) is 0 Å². The summed E-state index contributed by atoms with van der Waals surface area (Å²) < 4.78 is 11.0. The monoisotopic (exact) mass is 327 g/mol. The summed E-state index contributed by atoms with van der Waals surface area (Å²) in [5.74, 6) is 1.17. The number of hydrogen-bond acceptors (Lipinski definition) is 4. The number of carbonyl (C=O) groups excluding carboxylic acids is 1. The molecule has 0 radical (unpaired) electrons. The van der Waals surface area contributed by atoms with Gasteiger partial charge in [-0.3, -0.25) is 4.79 Å². The van der Waals surface area contributed by atoms with Crippen LogP contribution in [0.1, 0.15) is 19.4 Å². The number of anilines is 1. The quantitative estimate of drug-likeness (QED) is 0.625. The van der Waals surface area contributed by atoms with Crippen molar-refractivity contribution in [1.82, 2.24) is 0 Å². The number of aromatic hydroxyl groups is 1. The molecule has 0 saturated heterocycles. The maximum atomic E-state index is 11.9. The molecule has 0 spiro atoms. The van der Waals surface area contributed by atoms with Gasteiger partial charge in [-0.05, 0) is 61.9 Å². The summed E-state index contributed by atoms with van der Waals surface area (Å²) in [5.41, 5.74) is 1.43. The predicted octanol–water partition coefficient (Wildman–Crippen LogP) is 3.84. The first-order valence-electron chi connectivity index (χ1n) is 7.60. The van der Waals surface area contributed by atoms with Gasteiger partial charge in [0.1, 0.15) is 5.75 Å². The SMILES string of the molecule is COc1cc(/C=C/C(=O)Nc2ccc(O)cc2)ccc1OC(C)C. The fourth-order valence-electron chi connectivity index (χ4n) is 2.04. The van der Waals surface area contributed by atoms with Gasteiger partial charge in [0.15, 0.2) is 11.5 Å². The number of carbonyl (C=O) groups is 1. The molecule has 0 unspecified atom stereocenters. The molecule has 24 heavy (non-hydrogen) atoms. The Bertz CT molecular complexity index is 721. The Balaban J connectivity index is 2.05. The maximum Gasteiger partial charge on any atom is 0.248 e. The molecule has 2 aromatic rings. The fourth-order valence-corrected chi connectivity index (χ4v) is 2.04. The Kier molecular flexibility index (Phi) is 5.84. The lowest BCUT2D eigenvalue weighted by atomic mass is 10.2. The Morgan fingerprint density at radius 1 is 1.12 bits per heavy atom. The second-order valence-corrected chi connectivity index (χ2v) is 5.45. The third-order valence-electron chi connectivity index (χ3n) is 3.11. The molecule has 0 aliphatic heterocycles. The molecule has 126 valence electrons. The van der Waals surface area contributed by atoms with Crippen LogP contribution >= 0.6 is 0 Å². The Hall–Kier alpha value is -2.95. The standard InChI is InChI=1S/C19H21NO4/c1-13(2)24-17-10-4-14(12-18(17)23-3)5-11-19(22)20-15-6-8-16(21)9-7-15/h4-13,21H,1-3H3,(H,20,22)/b11-5+. The summed E-state index contributed by atoms with van der Waals surface area (Å²) in [7, 11) is 1.58. The molecular formula is C19H21NO4. The normalized spacial score (nSPS) is 10.8. The fraction of sp³-hybridized carbons (Fsp3) is 0.211. The smallest absolute Gasteiger partial charge is 0.248 e. The van der Waals surface area contributed by atoms with Crippen molar-refractivity contribution in [2.24, 2.45) is 0 Å². The van der Waals surface area contributed by atoms with E-state index in [1.54, 1.807) is 25.3 Å². The first-order chi connectivity index (χ1) is 11.5. The molecule has 5 heteroatoms. The van der Waals surface area contributed by atoms with Gasteiger partial charge in [0.2, 0.25) is 5.91 Å². The number of benzene rings is 2. The van der Waals surface area contributed by atoms with Gasteiger partial charge in [-0.1, -0.05) is 6.07 Å². The number of amides is 1. The number of methoxy groups -OCH3 is 1. The molecule has 0 aliphatic rings. The number of rotatable bonds is 6. The predicted molar refractivity (Wildman–Crippen MR) is 94.5 cm³/mol. The van der Waals surface area contributed by atoms with Crippen molar-refractivity contribution in [3.63, 3.8) is 0 Å². The summed E-state index contributed by atoms with van der Waals surface area (Å²) in [4.78, 5) is 11.9. The molecule has 2 N–H and O–H groups in total. The van der Waals surface area contributed by atoms with E-state index in [-0.39, 0.29) is 17.8 Å². The van der Waals surface area contributed by atoms with Crippen molar-refractivity contribution in [2.75, 3.05) is 12.4 Å². The second kappa shape index (κ2) is 8.06. The maximum absolute atomic E-state index is 11.9. The van der Waals surface area contributed by atoms with Crippen LogP contribution in [0.2, 0.25) is 0 Å². The molecule has 5 nitrogen and oxygen atoms in total. The van der Waals surface area contributed by atoms with Gasteiger partial charge < -0.3 is 19.9 Å². The van der Waals surface area contributed by atoms with Gasteiger partial charge in [-0.2, -0.15) is 0 Å². The minimum absolute atomic E-state index is 0.0522. The van der Waals surface area contributed by atoms with Crippen LogP contribution in [0.5, 0.6) is 17.2 Å². The van der Waals surface area contributed by atoms with E-state index >= 15 is 0 Å². The van der Waals surface area contributed by atoms with Crippen LogP contribution in [-0.4, -0.2) is 24.2 Å². The largest absolute Gasteiger partial charge is 0.508 e. The average molecular weight is 327 g/mol. The van der Waals surface area contributed by atoms with E-state index in [0.29, 0.717) is 17.2 Å². The average Bonchev–Trinajstić information content (AvgIpc) is 2.55. The molecule has 2 aromatic carbocycles. The van der Waals surface area contributed by atoms with Crippen LogP contribution < -0.4 is 14.8 Å². The molecule has 0 fully saturated rings. The Morgan fingerprint density at radius 3 is 2.46 bits per heavy atom. The van der Waals surface area contributed by atoms with Crippen molar-refractivity contribution < 1.29 is 19.4 Å². The molecule has 2 rings (SSSR count). The molecule has 0 aliphatic carbocycles. The Labute approximate surface area is 141 Å². The van der Waals surface area contributed by atoms with Gasteiger partial charge in [0, 0.05) is 11.8 Å². The van der Waals surface area contributed by atoms with Crippen molar-refractivity contribution in [3.05, 3.63) is 54.1 Å². The molecule has 0 saturated carbocycles. The summed E-state index contributed by atoms with van der Waals surface area (Å²) in [5, 5.41) is 11.9. The van der Waals surface area contributed by atoms with Crippen molar-refractivity contribution in [3.8, 4) is 17.2 Å². The highest BCUT2D eigenvalue weighted by Crippen LogP contribution is 2.29. The summed E-state index contributed by atoms with van der Waals surface area (Å²) >= 11 is 0. The lowest BCUT2D eigenvalue weighted by Crippen LogP contribution is -2.07. The molecule has 1 amide bonds. The zero-order valence-electron chi connectivity index (χ0n) is 13.9. The number of phenols is 1. The van der Waals surface area contributed by atoms with Gasteiger partial charge in [0.05, 0.1) is 13.2 Å². The second-order valence-electron chi connectivity index (χ2n) is 5.45. The van der Waals surface area contributed by atoms with E-state index in [4.69, 9.17) is 9.47 Å². The number of nitrogens with one attached hydrogen (secondary N) is 1. The van der Waals surface area contributed by atoms with E-state index < -0.39 is 0 Å². The van der Waals surface area contributed by atoms with E-state index in [2.05, 4.69) is 5.32 Å². The lowest BCUT2D eigenvalue weighted by Gasteiger charge is -2.13. The minimum Gasteiger partial charge on any atom is -0.508 e. The zero-order valence-corrected chi connectivity index (χ0v) is 13.9. The lowest BCUT2D eigenvalue weighted by molar-refractivity contribution is -0.111. The van der Waals surface area contributed by atoms with Crippen LogP contribution in [0.3, 0.4) is 0 Å². The van der Waals surface area contributed by atoms with Crippen LogP contribution in [0, 0.1) is 0 Å². The van der Waals surface area contributed by atoms with Crippen LogP contribution in [-0.2, 0) is 4.79 Å². The zero-order chi connectivity index (χ0) is 17.5. The molecule has 0 atom stereocenters. The third kappa shape index (κ3) is 5.05. The minimum atomic E-state index is -0.262. The van der Waals surface area contributed by atoms with E-state index in [9.17, 15) is 9.90 Å². The number of phenolic OH excluding ortho intramolecular Hbond substituents is 1. The van der Waals surface area contributed by atoms with Crippen molar-refractivity contribution in [2.45, 2.75) is 20.0 Å². The van der Waals surface area contributed by atoms with Gasteiger partial charge in [0.25, 0.3) is 0 Å². The summed E-state index contributed by atoms with van der Waals surface area (Å²) in [6.45, 7) is 3.89.